The van der Waals surface area contributed by atoms with E-state index in [1.165, 1.54) is 82.0 Å². The van der Waals surface area contributed by atoms with Gasteiger partial charge in [0.1, 0.15) is 15.9 Å². The molecule has 0 amide bonds. The molecule has 0 saturated heterocycles. The Bertz CT molecular complexity index is 943. The molecule has 0 N–H and O–H groups in total. The van der Waals surface area contributed by atoms with Crippen molar-refractivity contribution in [3.63, 3.8) is 0 Å². The van der Waals surface area contributed by atoms with Crippen LogP contribution in [0.5, 0.6) is 0 Å². The lowest BCUT2D eigenvalue weighted by Crippen LogP contribution is -2.12. The molecule has 0 bridgehead atoms. The molecule has 0 spiro atoms. The van der Waals surface area contributed by atoms with Crippen molar-refractivity contribution in [3.8, 4) is 0 Å². The molecular weight excluding hydrogens is 430 g/mol. The molecule has 0 radical (unpaired) electrons. The third-order valence-corrected chi connectivity index (χ3v) is 7.45. The second-order valence-corrected chi connectivity index (χ2v) is 10.2. The Balaban J connectivity index is 1.69. The summed E-state index contributed by atoms with van der Waals surface area (Å²) in [5.41, 5.74) is 1.83. The predicted octanol–water partition coefficient (Wildman–Crippen LogP) is 8.47. The van der Waals surface area contributed by atoms with Crippen LogP contribution in [0.2, 0.25) is 0 Å². The number of hydrogen-bond donors (Lipinski definition) is 0. The zero-order valence-corrected chi connectivity index (χ0v) is 21.6. The summed E-state index contributed by atoms with van der Waals surface area (Å²) in [6.45, 7) is 6.75. The maximum Gasteiger partial charge on any atom is 0.348 e. The van der Waals surface area contributed by atoms with Crippen LogP contribution in [0.25, 0.3) is 21.1 Å². The van der Waals surface area contributed by atoms with E-state index in [9.17, 15) is 4.79 Å². The highest BCUT2D eigenvalue weighted by Gasteiger charge is 2.17. The molecule has 0 aliphatic carbocycles. The summed E-state index contributed by atoms with van der Waals surface area (Å²) in [5.74, 6) is -0.254. The van der Waals surface area contributed by atoms with Gasteiger partial charge in [0.15, 0.2) is 0 Å². The lowest BCUT2D eigenvalue weighted by molar-refractivity contribution is 0.0532. The van der Waals surface area contributed by atoms with Crippen molar-refractivity contribution in [2.75, 3.05) is 6.61 Å². The molecule has 6 heteroatoms. The number of benzene rings is 1. The average Bonchev–Trinajstić information content (AvgIpc) is 3.41. The number of rotatable bonds is 16. The molecule has 2 aromatic heterocycles. The van der Waals surface area contributed by atoms with Gasteiger partial charge in [-0.2, -0.15) is 15.0 Å². The lowest BCUT2D eigenvalue weighted by atomic mass is 10.0. The molecule has 0 saturated carbocycles. The minimum absolute atomic E-state index is 0.254. The molecule has 33 heavy (non-hydrogen) atoms. The minimum atomic E-state index is -0.254. The molecule has 2 heterocycles. The van der Waals surface area contributed by atoms with Crippen LogP contribution in [0.15, 0.2) is 18.2 Å². The smallest absolute Gasteiger partial charge is 0.348 e. The summed E-state index contributed by atoms with van der Waals surface area (Å²) in [6, 6.07) is 6.42. The molecule has 0 aliphatic heterocycles. The summed E-state index contributed by atoms with van der Waals surface area (Å²) in [4.78, 5) is 14.7. The van der Waals surface area contributed by atoms with Crippen LogP contribution < -0.4 is 0 Å². The molecule has 3 rings (SSSR count). The van der Waals surface area contributed by atoms with Crippen molar-refractivity contribution in [2.45, 2.75) is 110 Å². The zero-order valence-electron chi connectivity index (χ0n) is 20.8. The number of thiophene rings is 1. The molecule has 5 nitrogen and oxygen atoms in total. The Morgan fingerprint density at radius 2 is 1.42 bits per heavy atom. The number of fused-ring (bicyclic) bond motifs is 2. The Morgan fingerprint density at radius 3 is 2.06 bits per heavy atom. The van der Waals surface area contributed by atoms with Gasteiger partial charge in [-0.3, -0.25) is 0 Å². The fraction of sp³-hybridized carbons (Fsp3) is 0.667. The van der Waals surface area contributed by atoms with Gasteiger partial charge in [0, 0.05) is 4.70 Å². The summed E-state index contributed by atoms with van der Waals surface area (Å²) in [7, 11) is 0. The van der Waals surface area contributed by atoms with Gasteiger partial charge < -0.3 is 4.74 Å². The largest absolute Gasteiger partial charge is 0.462 e. The van der Waals surface area contributed by atoms with E-state index in [-0.39, 0.29) is 5.97 Å². The average molecular weight is 472 g/mol. The highest BCUT2D eigenvalue weighted by Crippen LogP contribution is 2.30. The van der Waals surface area contributed by atoms with E-state index in [2.05, 4.69) is 26.0 Å². The molecule has 1 unspecified atom stereocenters. The fourth-order valence-electron chi connectivity index (χ4n) is 4.45. The molecule has 1 atom stereocenters. The van der Waals surface area contributed by atoms with Crippen molar-refractivity contribution < 1.29 is 9.53 Å². The number of carbonyl (C=O) groups is 1. The number of carbonyl (C=O) groups excluding carboxylic acids is 1. The number of aromatic nitrogens is 3. The second-order valence-electron chi connectivity index (χ2n) is 9.14. The molecule has 1 aromatic carbocycles. The summed E-state index contributed by atoms with van der Waals surface area (Å²) in [5, 5.41) is 10.8. The topological polar surface area (TPSA) is 57.0 Å². The van der Waals surface area contributed by atoms with Crippen LogP contribution >= 0.6 is 11.3 Å². The van der Waals surface area contributed by atoms with Crippen LogP contribution in [0, 0.1) is 0 Å². The van der Waals surface area contributed by atoms with Gasteiger partial charge >= 0.3 is 5.97 Å². The predicted molar refractivity (Wildman–Crippen MR) is 139 cm³/mol. The number of unbranched alkanes of at least 4 members (excludes halogenated alkanes) is 9. The van der Waals surface area contributed by atoms with E-state index >= 15 is 0 Å². The van der Waals surface area contributed by atoms with Crippen LogP contribution in [0.1, 0.15) is 120 Å². The van der Waals surface area contributed by atoms with Crippen LogP contribution in [0.3, 0.4) is 0 Å². The Labute approximate surface area is 202 Å². The maximum absolute atomic E-state index is 12.1. The molecule has 0 aliphatic rings. The number of nitrogens with zero attached hydrogens (tertiary/aromatic N) is 3. The lowest BCUT2D eigenvalue weighted by Gasteiger charge is -2.16. The monoisotopic (exact) mass is 471 g/mol. The Morgan fingerprint density at radius 1 is 0.848 bits per heavy atom. The van der Waals surface area contributed by atoms with Crippen molar-refractivity contribution >= 4 is 38.4 Å². The van der Waals surface area contributed by atoms with Gasteiger partial charge in [-0.1, -0.05) is 84.5 Å². The number of hydrogen-bond acceptors (Lipinski definition) is 5. The van der Waals surface area contributed by atoms with Crippen molar-refractivity contribution in [2.24, 2.45) is 0 Å². The quantitative estimate of drug-likeness (QED) is 0.155. The summed E-state index contributed by atoms with van der Waals surface area (Å²) < 4.78 is 6.21. The van der Waals surface area contributed by atoms with Gasteiger partial charge in [0.05, 0.1) is 12.6 Å². The van der Waals surface area contributed by atoms with Crippen molar-refractivity contribution in [1.29, 1.82) is 0 Å². The van der Waals surface area contributed by atoms with E-state index in [1.54, 1.807) is 0 Å². The van der Waals surface area contributed by atoms with Gasteiger partial charge in [-0.15, -0.1) is 11.3 Å². The van der Waals surface area contributed by atoms with Gasteiger partial charge in [0.2, 0.25) is 0 Å². The first-order valence-corrected chi connectivity index (χ1v) is 13.9. The summed E-state index contributed by atoms with van der Waals surface area (Å²) in [6.07, 6.45) is 16.7. The van der Waals surface area contributed by atoms with Crippen LogP contribution in [-0.4, -0.2) is 27.6 Å². The van der Waals surface area contributed by atoms with Crippen molar-refractivity contribution in [1.82, 2.24) is 15.0 Å². The van der Waals surface area contributed by atoms with Gasteiger partial charge in [-0.05, 0) is 43.4 Å². The molecular formula is C27H41N3O2S. The highest BCUT2D eigenvalue weighted by molar-refractivity contribution is 7.20. The standard InChI is InChI=1S/C27H41N3O2S/c1-4-7-9-11-12-13-15-17-22(16-14-10-8-5-2)30-28-23-18-21-19-26(27(31)32-6-3)33-25(21)20-24(23)29-30/h18-20,22H,4-17H2,1-3H3. The molecule has 3 aromatic rings. The fourth-order valence-corrected chi connectivity index (χ4v) is 5.42. The normalized spacial score (nSPS) is 12.6. The molecule has 0 fully saturated rings. The van der Waals surface area contributed by atoms with Crippen LogP contribution in [-0.2, 0) is 4.74 Å². The summed E-state index contributed by atoms with van der Waals surface area (Å²) >= 11 is 1.47. The van der Waals surface area contributed by atoms with Crippen molar-refractivity contribution in [3.05, 3.63) is 23.1 Å². The van der Waals surface area contributed by atoms with E-state index in [0.717, 1.165) is 34.0 Å². The maximum atomic E-state index is 12.1. The second kappa shape index (κ2) is 13.7. The first-order valence-electron chi connectivity index (χ1n) is 13.1. The van der Waals surface area contributed by atoms with Gasteiger partial charge in [0.25, 0.3) is 0 Å². The van der Waals surface area contributed by atoms with E-state index in [1.807, 2.05) is 17.8 Å². The van der Waals surface area contributed by atoms with Crippen LogP contribution in [0.4, 0.5) is 0 Å². The highest BCUT2D eigenvalue weighted by atomic mass is 32.1. The van der Waals surface area contributed by atoms with E-state index in [4.69, 9.17) is 14.9 Å². The van der Waals surface area contributed by atoms with Gasteiger partial charge in [-0.25, -0.2) is 4.79 Å². The Kier molecular flexibility index (Phi) is 10.6. The minimum Gasteiger partial charge on any atom is -0.462 e. The third-order valence-electron chi connectivity index (χ3n) is 6.37. The first kappa shape index (κ1) is 25.7. The zero-order chi connectivity index (χ0) is 23.5. The van der Waals surface area contributed by atoms with E-state index < -0.39 is 0 Å². The number of ether oxygens (including phenoxy) is 1. The first-order chi connectivity index (χ1) is 16.2. The third kappa shape index (κ3) is 7.53. The van der Waals surface area contributed by atoms with E-state index in [0.29, 0.717) is 17.5 Å². The SMILES string of the molecule is CCCCCCCCCC(CCCCCC)n1nc2cc3cc(C(=O)OCC)sc3cc2n1. The number of esters is 1. The Hall–Kier alpha value is -1.95. The molecule has 182 valence electrons.